The average Bonchev–Trinajstić information content (AvgIpc) is 2.75. The van der Waals surface area contributed by atoms with Crippen molar-refractivity contribution >= 4 is 35.2 Å². The quantitative estimate of drug-likeness (QED) is 0.482. The Morgan fingerprint density at radius 2 is 1.83 bits per heavy atom. The molecule has 0 bridgehead atoms. The number of hydrogen-bond acceptors (Lipinski definition) is 6. The van der Waals surface area contributed by atoms with Crippen molar-refractivity contribution in [3.05, 3.63) is 53.6 Å². The number of benzene rings is 2. The van der Waals surface area contributed by atoms with Gasteiger partial charge >= 0.3 is 5.97 Å². The van der Waals surface area contributed by atoms with Crippen molar-refractivity contribution in [1.82, 2.24) is 5.32 Å². The van der Waals surface area contributed by atoms with Crippen molar-refractivity contribution in [3.63, 3.8) is 0 Å². The molecule has 0 fully saturated rings. The molecular formula is C21H24N2O5S. The third kappa shape index (κ3) is 6.53. The molecule has 8 heteroatoms. The SMILES string of the molecule is CCc1ccccc1NC(=O)CNC(=O)COC(=O)c1ccc(SC)cc1OC. The maximum Gasteiger partial charge on any atom is 0.342 e. The molecule has 29 heavy (non-hydrogen) atoms. The van der Waals surface area contributed by atoms with Crippen LogP contribution in [-0.2, 0) is 20.7 Å². The molecule has 0 saturated carbocycles. The number of anilines is 1. The molecule has 0 unspecified atom stereocenters. The summed E-state index contributed by atoms with van der Waals surface area (Å²) < 4.78 is 10.2. The minimum Gasteiger partial charge on any atom is -0.496 e. The summed E-state index contributed by atoms with van der Waals surface area (Å²) in [5.74, 6) is -1.24. The maximum atomic E-state index is 12.2. The molecule has 0 heterocycles. The summed E-state index contributed by atoms with van der Waals surface area (Å²) in [5.41, 5.74) is 1.94. The van der Waals surface area contributed by atoms with Gasteiger partial charge in [0, 0.05) is 10.6 Å². The van der Waals surface area contributed by atoms with Gasteiger partial charge in [-0.2, -0.15) is 0 Å². The number of ether oxygens (including phenoxy) is 2. The summed E-state index contributed by atoms with van der Waals surface area (Å²) in [6.45, 7) is 1.27. The van der Waals surface area contributed by atoms with E-state index in [2.05, 4.69) is 10.6 Å². The largest absolute Gasteiger partial charge is 0.496 e. The van der Waals surface area contributed by atoms with Crippen LogP contribution in [0.25, 0.3) is 0 Å². The number of esters is 1. The Labute approximate surface area is 174 Å². The molecule has 2 aromatic carbocycles. The Balaban J connectivity index is 1.82. The molecule has 0 spiro atoms. The fourth-order valence-corrected chi connectivity index (χ4v) is 2.98. The van der Waals surface area contributed by atoms with Crippen molar-refractivity contribution in [2.45, 2.75) is 18.2 Å². The fraction of sp³-hybridized carbons (Fsp3) is 0.286. The molecule has 0 radical (unpaired) electrons. The van der Waals surface area contributed by atoms with Gasteiger partial charge in [-0.1, -0.05) is 25.1 Å². The van der Waals surface area contributed by atoms with Gasteiger partial charge in [0.05, 0.1) is 13.7 Å². The van der Waals surface area contributed by atoms with Crippen molar-refractivity contribution in [2.75, 3.05) is 31.8 Å². The van der Waals surface area contributed by atoms with Crippen LogP contribution in [0.5, 0.6) is 5.75 Å². The van der Waals surface area contributed by atoms with Gasteiger partial charge in [0.1, 0.15) is 11.3 Å². The van der Waals surface area contributed by atoms with Gasteiger partial charge in [-0.25, -0.2) is 4.79 Å². The number of hydrogen-bond donors (Lipinski definition) is 2. The number of amides is 2. The second-order valence-electron chi connectivity index (χ2n) is 5.98. The predicted octanol–water partition coefficient (Wildman–Crippen LogP) is 2.89. The van der Waals surface area contributed by atoms with E-state index in [0.29, 0.717) is 11.4 Å². The molecule has 0 saturated heterocycles. The molecule has 154 valence electrons. The Kier molecular flexibility index (Phi) is 8.54. The number of aryl methyl sites for hydroxylation is 1. The smallest absolute Gasteiger partial charge is 0.342 e. The summed E-state index contributed by atoms with van der Waals surface area (Å²) in [4.78, 5) is 37.1. The Hall–Kier alpha value is -3.00. The van der Waals surface area contributed by atoms with Gasteiger partial charge in [-0.3, -0.25) is 9.59 Å². The number of para-hydroxylation sites is 1. The van der Waals surface area contributed by atoms with E-state index in [4.69, 9.17) is 9.47 Å². The molecule has 0 aliphatic heterocycles. The standard InChI is InChI=1S/C21H24N2O5S/c1-4-14-7-5-6-8-17(14)23-19(24)12-22-20(25)13-28-21(26)16-10-9-15(29-3)11-18(16)27-2/h5-11H,4,12-13H2,1-3H3,(H,22,25)(H,23,24). The lowest BCUT2D eigenvalue weighted by atomic mass is 10.1. The van der Waals surface area contributed by atoms with Crippen LogP contribution < -0.4 is 15.4 Å². The highest BCUT2D eigenvalue weighted by atomic mass is 32.2. The topological polar surface area (TPSA) is 93.7 Å². The highest BCUT2D eigenvalue weighted by Crippen LogP contribution is 2.25. The van der Waals surface area contributed by atoms with Crippen LogP contribution >= 0.6 is 11.8 Å². The van der Waals surface area contributed by atoms with E-state index in [1.54, 1.807) is 24.3 Å². The van der Waals surface area contributed by atoms with Crippen LogP contribution in [0, 0.1) is 0 Å². The van der Waals surface area contributed by atoms with Crippen LogP contribution in [0.4, 0.5) is 5.69 Å². The van der Waals surface area contributed by atoms with E-state index in [-0.39, 0.29) is 18.0 Å². The fourth-order valence-electron chi connectivity index (χ4n) is 2.55. The zero-order chi connectivity index (χ0) is 21.2. The monoisotopic (exact) mass is 416 g/mol. The number of carbonyl (C=O) groups is 3. The number of carbonyl (C=O) groups excluding carboxylic acids is 3. The molecule has 0 aliphatic rings. The second kappa shape index (κ2) is 11.1. The van der Waals surface area contributed by atoms with E-state index in [9.17, 15) is 14.4 Å². The van der Waals surface area contributed by atoms with Crippen LogP contribution in [0.2, 0.25) is 0 Å². The number of thioether (sulfide) groups is 1. The van der Waals surface area contributed by atoms with Crippen molar-refractivity contribution in [1.29, 1.82) is 0 Å². The van der Waals surface area contributed by atoms with Crippen molar-refractivity contribution < 1.29 is 23.9 Å². The van der Waals surface area contributed by atoms with Gasteiger partial charge in [0.15, 0.2) is 6.61 Å². The van der Waals surface area contributed by atoms with Gasteiger partial charge in [-0.05, 0) is 42.5 Å². The molecule has 7 nitrogen and oxygen atoms in total. The molecule has 2 N–H and O–H groups in total. The van der Waals surface area contributed by atoms with E-state index in [1.807, 2.05) is 31.4 Å². The lowest BCUT2D eigenvalue weighted by Crippen LogP contribution is -2.35. The van der Waals surface area contributed by atoms with E-state index < -0.39 is 18.5 Å². The first-order chi connectivity index (χ1) is 14.0. The zero-order valence-corrected chi connectivity index (χ0v) is 17.4. The van der Waals surface area contributed by atoms with Crippen LogP contribution in [-0.4, -0.2) is 44.3 Å². The molecule has 0 aromatic heterocycles. The zero-order valence-electron chi connectivity index (χ0n) is 16.6. The van der Waals surface area contributed by atoms with Crippen LogP contribution in [0.3, 0.4) is 0 Å². The third-order valence-corrected chi connectivity index (χ3v) is 4.81. The highest BCUT2D eigenvalue weighted by molar-refractivity contribution is 7.98. The van der Waals surface area contributed by atoms with Crippen molar-refractivity contribution in [2.24, 2.45) is 0 Å². The van der Waals surface area contributed by atoms with Crippen LogP contribution in [0.1, 0.15) is 22.8 Å². The minimum atomic E-state index is -0.675. The Bertz CT molecular complexity index is 885. The van der Waals surface area contributed by atoms with E-state index >= 15 is 0 Å². The first-order valence-electron chi connectivity index (χ1n) is 9.02. The van der Waals surface area contributed by atoms with Gasteiger partial charge in [0.2, 0.25) is 5.91 Å². The Morgan fingerprint density at radius 1 is 1.07 bits per heavy atom. The molecular weight excluding hydrogens is 392 g/mol. The number of rotatable bonds is 9. The average molecular weight is 416 g/mol. The normalized spacial score (nSPS) is 10.2. The van der Waals surface area contributed by atoms with Gasteiger partial charge < -0.3 is 20.1 Å². The summed E-state index contributed by atoms with van der Waals surface area (Å²) in [7, 11) is 1.46. The summed E-state index contributed by atoms with van der Waals surface area (Å²) in [5, 5.41) is 5.18. The number of nitrogens with one attached hydrogen (secondary N) is 2. The Morgan fingerprint density at radius 3 is 2.52 bits per heavy atom. The van der Waals surface area contributed by atoms with E-state index in [1.165, 1.54) is 18.9 Å². The first kappa shape index (κ1) is 22.3. The molecule has 0 aliphatic carbocycles. The lowest BCUT2D eigenvalue weighted by molar-refractivity contribution is -0.126. The molecule has 2 amide bonds. The minimum absolute atomic E-state index is 0.222. The first-order valence-corrected chi connectivity index (χ1v) is 10.2. The van der Waals surface area contributed by atoms with Gasteiger partial charge in [-0.15, -0.1) is 11.8 Å². The third-order valence-electron chi connectivity index (χ3n) is 4.08. The second-order valence-corrected chi connectivity index (χ2v) is 6.86. The van der Waals surface area contributed by atoms with E-state index in [0.717, 1.165) is 16.9 Å². The molecule has 2 aromatic rings. The summed E-state index contributed by atoms with van der Waals surface area (Å²) in [6.07, 6.45) is 2.69. The predicted molar refractivity (Wildman–Crippen MR) is 113 cm³/mol. The summed E-state index contributed by atoms with van der Waals surface area (Å²) in [6, 6.07) is 12.5. The summed E-state index contributed by atoms with van der Waals surface area (Å²) >= 11 is 1.51. The van der Waals surface area contributed by atoms with Crippen molar-refractivity contribution in [3.8, 4) is 5.75 Å². The van der Waals surface area contributed by atoms with Gasteiger partial charge in [0.25, 0.3) is 5.91 Å². The number of methoxy groups -OCH3 is 1. The van der Waals surface area contributed by atoms with Crippen LogP contribution in [0.15, 0.2) is 47.4 Å². The maximum absolute atomic E-state index is 12.2. The molecule has 2 rings (SSSR count). The lowest BCUT2D eigenvalue weighted by Gasteiger charge is -2.11. The molecule has 0 atom stereocenters. The highest BCUT2D eigenvalue weighted by Gasteiger charge is 2.16.